The maximum atomic E-state index is 12.2. The van der Waals surface area contributed by atoms with Crippen molar-refractivity contribution in [2.75, 3.05) is 16.4 Å². The van der Waals surface area contributed by atoms with Gasteiger partial charge in [-0.3, -0.25) is 4.72 Å². The van der Waals surface area contributed by atoms with E-state index in [9.17, 15) is 21.6 Å². The van der Waals surface area contributed by atoms with Gasteiger partial charge in [0, 0.05) is 5.88 Å². The molecule has 0 aliphatic rings. The van der Waals surface area contributed by atoms with Gasteiger partial charge in [-0.05, 0) is 18.6 Å². The molecule has 1 aromatic heterocycles. The largest absolute Gasteiger partial charge is 0.433 e. The number of rotatable bonds is 5. The summed E-state index contributed by atoms with van der Waals surface area (Å²) in [5.41, 5.74) is -1.09. The lowest BCUT2D eigenvalue weighted by molar-refractivity contribution is -0.141. The van der Waals surface area contributed by atoms with Crippen molar-refractivity contribution in [3.63, 3.8) is 0 Å². The van der Waals surface area contributed by atoms with Crippen molar-refractivity contribution in [1.82, 2.24) is 4.98 Å². The Balaban J connectivity index is 2.75. The molecule has 0 saturated heterocycles. The van der Waals surface area contributed by atoms with Crippen LogP contribution in [0.2, 0.25) is 0 Å². The maximum Gasteiger partial charge on any atom is 0.433 e. The number of sulfonamides is 1. The molecule has 0 unspecified atom stereocenters. The molecular weight excluding hydrogens is 293 g/mol. The third-order valence-electron chi connectivity index (χ3n) is 1.87. The van der Waals surface area contributed by atoms with Crippen molar-refractivity contribution < 1.29 is 21.6 Å². The topological polar surface area (TPSA) is 59.1 Å². The van der Waals surface area contributed by atoms with Gasteiger partial charge in [0.15, 0.2) is 0 Å². The van der Waals surface area contributed by atoms with Gasteiger partial charge >= 0.3 is 6.18 Å². The summed E-state index contributed by atoms with van der Waals surface area (Å²) < 4.78 is 61.6. The van der Waals surface area contributed by atoms with Crippen LogP contribution in [0.5, 0.6) is 0 Å². The van der Waals surface area contributed by atoms with Gasteiger partial charge in [-0.1, -0.05) is 0 Å². The predicted octanol–water partition coefficient (Wildman–Crippen LogP) is 2.47. The molecule has 0 bridgehead atoms. The summed E-state index contributed by atoms with van der Waals surface area (Å²) in [4.78, 5) is 3.14. The van der Waals surface area contributed by atoms with Gasteiger partial charge in [-0.25, -0.2) is 13.4 Å². The van der Waals surface area contributed by atoms with Crippen molar-refractivity contribution in [3.05, 3.63) is 24.0 Å². The lowest BCUT2D eigenvalue weighted by Gasteiger charge is -2.09. The van der Waals surface area contributed by atoms with E-state index in [1.54, 1.807) is 0 Å². The van der Waals surface area contributed by atoms with Gasteiger partial charge in [0.05, 0.1) is 17.6 Å². The second-order valence-corrected chi connectivity index (χ2v) is 5.61. The Morgan fingerprint density at radius 2 is 2.00 bits per heavy atom. The molecule has 0 aliphatic carbocycles. The SMILES string of the molecule is O=S(=O)(CCCCl)Nc1ccc(C(F)(F)F)nc1. The Morgan fingerprint density at radius 3 is 2.44 bits per heavy atom. The molecule has 0 fully saturated rings. The van der Waals surface area contributed by atoms with Crippen LogP contribution < -0.4 is 4.72 Å². The van der Waals surface area contributed by atoms with E-state index in [4.69, 9.17) is 11.6 Å². The number of nitrogens with one attached hydrogen (secondary N) is 1. The van der Waals surface area contributed by atoms with Gasteiger partial charge in [0.2, 0.25) is 10.0 Å². The minimum absolute atomic E-state index is 0.0161. The third-order valence-corrected chi connectivity index (χ3v) is 3.51. The molecule has 0 spiro atoms. The number of pyridine rings is 1. The summed E-state index contributed by atoms with van der Waals surface area (Å²) in [7, 11) is -3.60. The molecule has 9 heteroatoms. The highest BCUT2D eigenvalue weighted by Crippen LogP contribution is 2.27. The summed E-state index contributed by atoms with van der Waals surface area (Å²) >= 11 is 5.35. The molecular formula is C9H10ClF3N2O2S. The Labute approximate surface area is 107 Å². The molecule has 18 heavy (non-hydrogen) atoms. The normalized spacial score (nSPS) is 12.4. The number of alkyl halides is 4. The van der Waals surface area contributed by atoms with Crippen LogP contribution >= 0.6 is 11.6 Å². The molecule has 0 aliphatic heterocycles. The Kier molecular flexibility index (Phi) is 4.80. The van der Waals surface area contributed by atoms with Crippen LogP contribution in [0.3, 0.4) is 0 Å². The lowest BCUT2D eigenvalue weighted by Crippen LogP contribution is -2.17. The first-order valence-corrected chi connectivity index (χ1v) is 7.03. The van der Waals surface area contributed by atoms with Crippen molar-refractivity contribution in [2.24, 2.45) is 0 Å². The molecule has 0 amide bonds. The van der Waals surface area contributed by atoms with E-state index in [0.29, 0.717) is 6.07 Å². The Morgan fingerprint density at radius 1 is 1.33 bits per heavy atom. The van der Waals surface area contributed by atoms with Crippen LogP contribution in [0.4, 0.5) is 18.9 Å². The average Bonchev–Trinajstić information content (AvgIpc) is 2.25. The molecule has 0 radical (unpaired) electrons. The summed E-state index contributed by atoms with van der Waals surface area (Å²) in [6.07, 6.45) is -3.47. The number of nitrogens with zero attached hydrogens (tertiary/aromatic N) is 1. The van der Waals surface area contributed by atoms with Crippen molar-refractivity contribution >= 4 is 27.3 Å². The van der Waals surface area contributed by atoms with E-state index in [1.807, 2.05) is 0 Å². The summed E-state index contributed by atoms with van der Waals surface area (Å²) in [5, 5.41) is 0. The Hall–Kier alpha value is -1.02. The molecule has 1 heterocycles. The van der Waals surface area contributed by atoms with E-state index >= 15 is 0 Å². The lowest BCUT2D eigenvalue weighted by atomic mass is 10.3. The molecule has 0 aromatic carbocycles. The van der Waals surface area contributed by atoms with Crippen LogP contribution in [-0.2, 0) is 16.2 Å². The van der Waals surface area contributed by atoms with Crippen molar-refractivity contribution in [1.29, 1.82) is 0 Å². The molecule has 1 aromatic rings. The van der Waals surface area contributed by atoms with E-state index in [0.717, 1.165) is 12.3 Å². The molecule has 0 saturated carbocycles. The fourth-order valence-electron chi connectivity index (χ4n) is 1.10. The molecule has 0 atom stereocenters. The second-order valence-electron chi connectivity index (χ2n) is 3.39. The van der Waals surface area contributed by atoms with Crippen LogP contribution in [0.15, 0.2) is 18.3 Å². The minimum atomic E-state index is -4.55. The van der Waals surface area contributed by atoms with Crippen LogP contribution in [0.25, 0.3) is 0 Å². The van der Waals surface area contributed by atoms with Crippen LogP contribution in [0, 0.1) is 0 Å². The fraction of sp³-hybridized carbons (Fsp3) is 0.444. The van der Waals surface area contributed by atoms with Gasteiger partial charge in [0.1, 0.15) is 5.69 Å². The number of halogens is 4. The summed E-state index contributed by atoms with van der Waals surface area (Å²) in [6, 6.07) is 1.72. The highest BCUT2D eigenvalue weighted by Gasteiger charge is 2.32. The number of hydrogen-bond donors (Lipinski definition) is 1. The smallest absolute Gasteiger partial charge is 0.282 e. The van der Waals surface area contributed by atoms with Crippen LogP contribution in [-0.4, -0.2) is 25.0 Å². The zero-order valence-corrected chi connectivity index (χ0v) is 10.6. The average molecular weight is 303 g/mol. The monoisotopic (exact) mass is 302 g/mol. The fourth-order valence-corrected chi connectivity index (χ4v) is 2.50. The van der Waals surface area contributed by atoms with Gasteiger partial charge in [-0.2, -0.15) is 13.2 Å². The Bertz CT molecular complexity index is 488. The zero-order chi connectivity index (χ0) is 13.8. The van der Waals surface area contributed by atoms with E-state index in [-0.39, 0.29) is 23.7 Å². The minimum Gasteiger partial charge on any atom is -0.282 e. The second kappa shape index (κ2) is 5.75. The number of anilines is 1. The summed E-state index contributed by atoms with van der Waals surface area (Å²) in [5.74, 6) is -0.0102. The van der Waals surface area contributed by atoms with Crippen molar-refractivity contribution in [2.45, 2.75) is 12.6 Å². The van der Waals surface area contributed by atoms with E-state index in [1.165, 1.54) is 0 Å². The standard InChI is InChI=1S/C9H10ClF3N2O2S/c10-4-1-5-18(16,17)15-7-2-3-8(14-6-7)9(11,12)13/h2-3,6,15H,1,4-5H2. The molecule has 1 rings (SSSR count). The molecule has 102 valence electrons. The van der Waals surface area contributed by atoms with Gasteiger partial charge < -0.3 is 0 Å². The number of aromatic nitrogens is 1. The first kappa shape index (κ1) is 15.0. The molecule has 1 N–H and O–H groups in total. The highest BCUT2D eigenvalue weighted by molar-refractivity contribution is 7.92. The van der Waals surface area contributed by atoms with E-state index in [2.05, 4.69) is 9.71 Å². The zero-order valence-electron chi connectivity index (χ0n) is 9.04. The summed E-state index contributed by atoms with van der Waals surface area (Å²) in [6.45, 7) is 0. The van der Waals surface area contributed by atoms with E-state index < -0.39 is 21.9 Å². The van der Waals surface area contributed by atoms with Crippen molar-refractivity contribution in [3.8, 4) is 0 Å². The predicted molar refractivity (Wildman–Crippen MR) is 62.0 cm³/mol. The van der Waals surface area contributed by atoms with Crippen LogP contribution in [0.1, 0.15) is 12.1 Å². The first-order valence-electron chi connectivity index (χ1n) is 4.84. The molecule has 4 nitrogen and oxygen atoms in total. The van der Waals surface area contributed by atoms with Gasteiger partial charge in [-0.15, -0.1) is 11.6 Å². The quantitative estimate of drug-likeness (QED) is 0.850. The highest BCUT2D eigenvalue weighted by atomic mass is 35.5. The third kappa shape index (κ3) is 4.69. The first-order chi connectivity index (χ1) is 8.24. The maximum absolute atomic E-state index is 12.2. The number of hydrogen-bond acceptors (Lipinski definition) is 3. The van der Waals surface area contributed by atoms with Gasteiger partial charge in [0.25, 0.3) is 0 Å².